The van der Waals surface area contributed by atoms with Crippen LogP contribution in [0.15, 0.2) is 42.5 Å². The van der Waals surface area contributed by atoms with Crippen molar-refractivity contribution in [3.05, 3.63) is 59.2 Å². The molecule has 1 fully saturated rings. The minimum absolute atomic E-state index is 0.0933. The van der Waals surface area contributed by atoms with Crippen molar-refractivity contribution in [1.29, 1.82) is 0 Å². The van der Waals surface area contributed by atoms with Crippen LogP contribution in [0.5, 0.6) is 5.75 Å². The summed E-state index contributed by atoms with van der Waals surface area (Å²) in [6.07, 6.45) is 0.309. The number of nitrogens with zero attached hydrogens (tertiary/aromatic N) is 2. The monoisotopic (exact) mass is 627 g/mol. The zero-order valence-electron chi connectivity index (χ0n) is 27.0. The van der Waals surface area contributed by atoms with Crippen molar-refractivity contribution >= 4 is 17.7 Å². The number of primary amides is 1. The lowest BCUT2D eigenvalue weighted by Gasteiger charge is -2.44. The number of piperidine rings is 1. The van der Waals surface area contributed by atoms with Crippen LogP contribution in [0.2, 0.25) is 0 Å². The van der Waals surface area contributed by atoms with Crippen LogP contribution in [0.4, 0.5) is 10.5 Å². The normalized spacial score (nSPS) is 20.0. The Balaban J connectivity index is 1.55. The Kier molecular flexibility index (Phi) is 12.5. The Morgan fingerprint density at radius 2 is 1.76 bits per heavy atom. The van der Waals surface area contributed by atoms with E-state index in [1.165, 1.54) is 4.90 Å². The van der Waals surface area contributed by atoms with E-state index in [-0.39, 0.29) is 12.5 Å². The highest BCUT2D eigenvalue weighted by Gasteiger charge is 2.42. The maximum absolute atomic E-state index is 12.5. The van der Waals surface area contributed by atoms with Gasteiger partial charge in [0.2, 0.25) is 5.91 Å². The number of hydrogen-bond donors (Lipinski definition) is 2. The molecular formula is C34H49N3O8. The zero-order valence-corrected chi connectivity index (χ0v) is 27.0. The number of benzene rings is 2. The molecule has 1 saturated heterocycles. The molecule has 3 atom stereocenters. The van der Waals surface area contributed by atoms with E-state index in [9.17, 15) is 14.7 Å². The van der Waals surface area contributed by atoms with E-state index in [1.807, 2.05) is 24.3 Å². The summed E-state index contributed by atoms with van der Waals surface area (Å²) >= 11 is 0. The number of hydrogen-bond acceptors (Lipinski definition) is 8. The molecule has 0 aromatic heterocycles. The van der Waals surface area contributed by atoms with E-state index in [4.69, 9.17) is 29.4 Å². The third-order valence-corrected chi connectivity index (χ3v) is 8.78. The molecule has 0 aliphatic carbocycles. The third-order valence-electron chi connectivity index (χ3n) is 8.78. The molecular weight excluding hydrogens is 578 g/mol. The van der Waals surface area contributed by atoms with Crippen LogP contribution in [0.1, 0.15) is 55.7 Å². The van der Waals surface area contributed by atoms with Gasteiger partial charge in [-0.15, -0.1) is 0 Å². The van der Waals surface area contributed by atoms with Gasteiger partial charge in [-0.05, 0) is 48.1 Å². The smallest absolute Gasteiger partial charge is 0.407 e. The molecule has 0 unspecified atom stereocenters. The summed E-state index contributed by atoms with van der Waals surface area (Å²) in [7, 11) is 3.35. The van der Waals surface area contributed by atoms with Crippen LogP contribution in [0, 0.1) is 5.41 Å². The second-order valence-corrected chi connectivity index (χ2v) is 12.5. The Morgan fingerprint density at radius 1 is 1.02 bits per heavy atom. The van der Waals surface area contributed by atoms with Gasteiger partial charge in [0.15, 0.2) is 0 Å². The Morgan fingerprint density at radius 3 is 2.44 bits per heavy atom. The summed E-state index contributed by atoms with van der Waals surface area (Å²) in [4.78, 5) is 28.4. The molecule has 2 heterocycles. The first kappa shape index (κ1) is 34.5. The minimum Gasteiger partial charge on any atom is -0.490 e. The van der Waals surface area contributed by atoms with Crippen molar-refractivity contribution in [2.75, 3.05) is 65.2 Å². The number of anilines is 1. The van der Waals surface area contributed by atoms with Crippen molar-refractivity contribution in [2.24, 2.45) is 11.1 Å². The average Bonchev–Trinajstić information content (AvgIpc) is 3.02. The lowest BCUT2D eigenvalue weighted by atomic mass is 9.76. The summed E-state index contributed by atoms with van der Waals surface area (Å²) < 4.78 is 28.5. The number of amides is 2. The fourth-order valence-electron chi connectivity index (χ4n) is 6.12. The van der Waals surface area contributed by atoms with E-state index in [0.29, 0.717) is 52.5 Å². The predicted octanol–water partition coefficient (Wildman–Crippen LogP) is 4.41. The Bertz CT molecular complexity index is 1250. The van der Waals surface area contributed by atoms with Crippen molar-refractivity contribution in [3.63, 3.8) is 0 Å². The van der Waals surface area contributed by atoms with Gasteiger partial charge in [-0.1, -0.05) is 44.2 Å². The first-order chi connectivity index (χ1) is 21.6. The summed E-state index contributed by atoms with van der Waals surface area (Å²) in [6, 6.07) is 13.9. The van der Waals surface area contributed by atoms with Crippen LogP contribution in [-0.2, 0) is 37.0 Å². The number of carbonyl (C=O) groups excluding carboxylic acids is 1. The van der Waals surface area contributed by atoms with Gasteiger partial charge in [0.25, 0.3) is 0 Å². The number of carboxylic acid groups (broad SMARTS) is 1. The molecule has 0 bridgehead atoms. The molecule has 2 aromatic carbocycles. The number of nitrogens with two attached hydrogens (primary N) is 1. The van der Waals surface area contributed by atoms with Crippen LogP contribution in [-0.4, -0.2) is 94.4 Å². The van der Waals surface area contributed by atoms with Crippen LogP contribution < -0.4 is 15.4 Å². The Hall–Kier alpha value is -3.38. The van der Waals surface area contributed by atoms with Gasteiger partial charge in [-0.3, -0.25) is 4.79 Å². The molecule has 2 amide bonds. The number of rotatable bonds is 16. The van der Waals surface area contributed by atoms with Crippen molar-refractivity contribution in [2.45, 2.75) is 64.4 Å². The highest BCUT2D eigenvalue weighted by Crippen LogP contribution is 2.39. The van der Waals surface area contributed by atoms with Crippen LogP contribution >= 0.6 is 0 Å². The van der Waals surface area contributed by atoms with E-state index >= 15 is 0 Å². The molecule has 0 spiro atoms. The summed E-state index contributed by atoms with van der Waals surface area (Å²) in [5.41, 5.74) is 8.93. The van der Waals surface area contributed by atoms with Crippen molar-refractivity contribution < 1.29 is 38.4 Å². The molecule has 11 heteroatoms. The standard InChI is InChI=1S/C34H49N3O8/c1-34(2,32(35)38)20-27-19-28(26-9-6-24(7-10-26)22-43-17-16-42-4)31(21-37(27)33(39)40)45-23-25-8-11-30-29(18-25)36(13-15-44-30)12-5-14-41-3/h6-11,18,27-28,31H,5,12-17,19-23H2,1-4H3,(H2,35,38)(H,39,40)/t27-,28+,31-/m0/s1. The summed E-state index contributed by atoms with van der Waals surface area (Å²) in [6.45, 7) is 8.54. The number of ether oxygens (including phenoxy) is 5. The maximum Gasteiger partial charge on any atom is 0.407 e. The summed E-state index contributed by atoms with van der Waals surface area (Å²) in [5.74, 6) is 0.304. The molecule has 11 nitrogen and oxygen atoms in total. The summed E-state index contributed by atoms with van der Waals surface area (Å²) in [5, 5.41) is 10.2. The molecule has 248 valence electrons. The second kappa shape index (κ2) is 16.3. The fourth-order valence-corrected chi connectivity index (χ4v) is 6.12. The van der Waals surface area contributed by atoms with Crippen molar-refractivity contribution in [1.82, 2.24) is 4.90 Å². The number of carbonyl (C=O) groups is 2. The quantitative estimate of drug-likeness (QED) is 0.260. The maximum atomic E-state index is 12.5. The van der Waals surface area contributed by atoms with E-state index in [0.717, 1.165) is 47.6 Å². The molecule has 2 aromatic rings. The first-order valence-corrected chi connectivity index (χ1v) is 15.7. The van der Waals surface area contributed by atoms with E-state index in [1.54, 1.807) is 28.1 Å². The largest absolute Gasteiger partial charge is 0.490 e. The highest BCUT2D eigenvalue weighted by molar-refractivity contribution is 5.80. The highest BCUT2D eigenvalue weighted by atomic mass is 16.5. The van der Waals surface area contributed by atoms with Gasteiger partial charge < -0.3 is 44.3 Å². The van der Waals surface area contributed by atoms with Gasteiger partial charge in [0.05, 0.1) is 51.3 Å². The van der Waals surface area contributed by atoms with E-state index in [2.05, 4.69) is 23.1 Å². The second-order valence-electron chi connectivity index (χ2n) is 12.5. The SMILES string of the molecule is COCCCN1CCOc2ccc(CO[C@H]3CN(C(=O)O)[C@H](CC(C)(C)C(N)=O)C[C@@H]3c3ccc(COCCOC)cc3)cc21. The lowest BCUT2D eigenvalue weighted by molar-refractivity contribution is -0.127. The molecule has 45 heavy (non-hydrogen) atoms. The topological polar surface area (TPSA) is 133 Å². The van der Waals surface area contributed by atoms with Gasteiger partial charge in [0, 0.05) is 44.7 Å². The van der Waals surface area contributed by atoms with Gasteiger partial charge >= 0.3 is 6.09 Å². The first-order valence-electron chi connectivity index (χ1n) is 15.7. The fraction of sp³-hybridized carbons (Fsp3) is 0.588. The van der Waals surface area contributed by atoms with E-state index < -0.39 is 29.6 Å². The average molecular weight is 628 g/mol. The molecule has 3 N–H and O–H groups in total. The zero-order chi connectivity index (χ0) is 32.4. The van der Waals surface area contributed by atoms with Crippen LogP contribution in [0.25, 0.3) is 0 Å². The predicted molar refractivity (Wildman–Crippen MR) is 171 cm³/mol. The minimum atomic E-state index is -1.03. The van der Waals surface area contributed by atoms with Crippen molar-refractivity contribution in [3.8, 4) is 5.75 Å². The van der Waals surface area contributed by atoms with Gasteiger partial charge in [0.1, 0.15) is 12.4 Å². The molecule has 0 radical (unpaired) electrons. The molecule has 0 saturated carbocycles. The molecule has 2 aliphatic heterocycles. The lowest BCUT2D eigenvalue weighted by Crippen LogP contribution is -2.54. The van der Waals surface area contributed by atoms with Crippen LogP contribution in [0.3, 0.4) is 0 Å². The molecule has 2 aliphatic rings. The van der Waals surface area contributed by atoms with Gasteiger partial charge in [-0.25, -0.2) is 4.79 Å². The Labute approximate surface area is 266 Å². The molecule has 4 rings (SSSR count). The number of methoxy groups -OCH3 is 2. The van der Waals surface area contributed by atoms with Gasteiger partial charge in [-0.2, -0.15) is 0 Å². The number of likely N-dealkylation sites (tertiary alicyclic amines) is 1. The third kappa shape index (κ3) is 9.32. The number of fused-ring (bicyclic) bond motifs is 1.